The third-order valence-electron chi connectivity index (χ3n) is 4.63. The molecule has 2 aromatic rings. The minimum absolute atomic E-state index is 0.00564. The quantitative estimate of drug-likeness (QED) is 0.866. The first kappa shape index (κ1) is 14.0. The Hall–Kier alpha value is -1.65. The Morgan fingerprint density at radius 2 is 1.55 bits per heavy atom. The third-order valence-corrected chi connectivity index (χ3v) is 6.61. The van der Waals surface area contributed by atoms with Gasteiger partial charge in [-0.15, -0.1) is 0 Å². The maximum atomic E-state index is 13.1. The van der Waals surface area contributed by atoms with Crippen LogP contribution in [-0.4, -0.2) is 18.8 Å². The van der Waals surface area contributed by atoms with Gasteiger partial charge in [0.15, 0.2) is 0 Å². The second-order valence-corrected chi connectivity index (χ2v) is 7.98. The van der Waals surface area contributed by atoms with Gasteiger partial charge in [0.05, 0.1) is 10.9 Å². The van der Waals surface area contributed by atoms with Crippen molar-refractivity contribution in [3.8, 4) is 0 Å². The summed E-state index contributed by atoms with van der Waals surface area (Å²) in [6.07, 6.45) is 3.81. The fraction of sp³-hybridized carbons (Fsp3) is 0.333. The number of hydrogen-bond acceptors (Lipinski definition) is 2. The minimum Gasteiger partial charge on any atom is -0.207 e. The summed E-state index contributed by atoms with van der Waals surface area (Å²) < 4.78 is 28.1. The molecule has 2 aliphatic carbocycles. The molecule has 2 aromatic carbocycles. The molecule has 0 saturated heterocycles. The predicted octanol–water partition coefficient (Wildman–Crippen LogP) is 3.53. The van der Waals surface area contributed by atoms with Crippen LogP contribution < -0.4 is 0 Å². The second kappa shape index (κ2) is 5.21. The van der Waals surface area contributed by atoms with Gasteiger partial charge in [-0.25, -0.2) is 8.42 Å². The molecule has 4 heteroatoms. The molecule has 0 aromatic heterocycles. The maximum absolute atomic E-state index is 13.1. The fourth-order valence-corrected chi connectivity index (χ4v) is 5.36. The number of fused-ring (bicyclic) bond motifs is 1. The summed E-state index contributed by atoms with van der Waals surface area (Å²) in [6.45, 7) is 0. The van der Waals surface area contributed by atoms with Gasteiger partial charge in [-0.2, -0.15) is 4.31 Å². The first-order valence-electron chi connectivity index (χ1n) is 7.84. The number of sulfonamides is 1. The zero-order valence-electron chi connectivity index (χ0n) is 12.4. The van der Waals surface area contributed by atoms with E-state index in [1.165, 1.54) is 11.1 Å². The van der Waals surface area contributed by atoms with Crippen LogP contribution in [-0.2, 0) is 16.4 Å². The molecule has 1 unspecified atom stereocenters. The van der Waals surface area contributed by atoms with Crippen molar-refractivity contribution < 1.29 is 8.42 Å². The lowest BCUT2D eigenvalue weighted by molar-refractivity contribution is 0.314. The van der Waals surface area contributed by atoms with E-state index < -0.39 is 10.0 Å². The number of aryl methyl sites for hydroxylation is 1. The van der Waals surface area contributed by atoms with Gasteiger partial charge in [-0.1, -0.05) is 42.5 Å². The van der Waals surface area contributed by atoms with Crippen LogP contribution in [0.4, 0.5) is 0 Å². The van der Waals surface area contributed by atoms with Gasteiger partial charge >= 0.3 is 0 Å². The van der Waals surface area contributed by atoms with Crippen molar-refractivity contribution in [1.82, 2.24) is 4.31 Å². The number of rotatable bonds is 4. The summed E-state index contributed by atoms with van der Waals surface area (Å²) in [6, 6.07) is 17.3. The second-order valence-electron chi connectivity index (χ2n) is 6.13. The highest BCUT2D eigenvalue weighted by Gasteiger charge is 2.44. The number of benzene rings is 2. The molecule has 0 radical (unpaired) electrons. The van der Waals surface area contributed by atoms with E-state index in [1.807, 2.05) is 18.2 Å². The SMILES string of the molecule is O=S(=O)(c1ccccc1)N(C1CC1)C1CCc2ccccc21. The van der Waals surface area contributed by atoms with E-state index in [-0.39, 0.29) is 12.1 Å². The molecule has 3 nitrogen and oxygen atoms in total. The van der Waals surface area contributed by atoms with Crippen LogP contribution >= 0.6 is 0 Å². The molecule has 4 rings (SSSR count). The Labute approximate surface area is 131 Å². The molecule has 1 saturated carbocycles. The van der Waals surface area contributed by atoms with Crippen LogP contribution in [0, 0.1) is 0 Å². The predicted molar refractivity (Wildman–Crippen MR) is 86.0 cm³/mol. The average molecular weight is 313 g/mol. The molecule has 0 aliphatic heterocycles. The molecule has 2 aliphatic rings. The lowest BCUT2D eigenvalue weighted by Gasteiger charge is -2.29. The van der Waals surface area contributed by atoms with Gasteiger partial charge in [0.2, 0.25) is 10.0 Å². The van der Waals surface area contributed by atoms with Crippen LogP contribution in [0.5, 0.6) is 0 Å². The Bertz CT molecular complexity index is 782. The van der Waals surface area contributed by atoms with Crippen LogP contribution in [0.2, 0.25) is 0 Å². The van der Waals surface area contributed by atoms with Gasteiger partial charge in [0.25, 0.3) is 0 Å². The normalized spacial score (nSPS) is 21.0. The van der Waals surface area contributed by atoms with Crippen LogP contribution in [0.1, 0.15) is 36.4 Å². The highest BCUT2D eigenvalue weighted by Crippen LogP contribution is 2.44. The summed E-state index contributed by atoms with van der Waals surface area (Å²) in [7, 11) is -3.43. The summed E-state index contributed by atoms with van der Waals surface area (Å²) >= 11 is 0. The highest BCUT2D eigenvalue weighted by molar-refractivity contribution is 7.89. The van der Waals surface area contributed by atoms with E-state index in [0.717, 1.165) is 25.7 Å². The van der Waals surface area contributed by atoms with Crippen molar-refractivity contribution in [2.75, 3.05) is 0 Å². The van der Waals surface area contributed by atoms with Gasteiger partial charge in [-0.3, -0.25) is 0 Å². The smallest absolute Gasteiger partial charge is 0.207 e. The largest absolute Gasteiger partial charge is 0.243 e. The molecule has 0 heterocycles. The van der Waals surface area contributed by atoms with Gasteiger partial charge in [0, 0.05) is 6.04 Å². The Kier molecular flexibility index (Phi) is 3.31. The van der Waals surface area contributed by atoms with Crippen molar-refractivity contribution in [2.24, 2.45) is 0 Å². The zero-order valence-corrected chi connectivity index (χ0v) is 13.2. The van der Waals surface area contributed by atoms with Crippen molar-refractivity contribution >= 4 is 10.0 Å². The summed E-state index contributed by atoms with van der Waals surface area (Å²) in [5.41, 5.74) is 2.48. The first-order valence-corrected chi connectivity index (χ1v) is 9.28. The molecule has 0 bridgehead atoms. The van der Waals surface area contributed by atoms with E-state index in [2.05, 4.69) is 12.1 Å². The minimum atomic E-state index is -3.43. The third kappa shape index (κ3) is 2.27. The number of nitrogens with zero attached hydrogens (tertiary/aromatic N) is 1. The van der Waals surface area contributed by atoms with Crippen molar-refractivity contribution in [3.63, 3.8) is 0 Å². The topological polar surface area (TPSA) is 37.4 Å². The fourth-order valence-electron chi connectivity index (χ4n) is 3.46. The molecular weight excluding hydrogens is 294 g/mol. The first-order chi connectivity index (χ1) is 10.7. The van der Waals surface area contributed by atoms with E-state index in [9.17, 15) is 8.42 Å². The summed E-state index contributed by atoms with van der Waals surface area (Å²) in [4.78, 5) is 0.409. The number of hydrogen-bond donors (Lipinski definition) is 0. The van der Waals surface area contributed by atoms with Crippen molar-refractivity contribution in [3.05, 3.63) is 65.7 Å². The van der Waals surface area contributed by atoms with E-state index >= 15 is 0 Å². The lowest BCUT2D eigenvalue weighted by atomic mass is 10.1. The molecule has 114 valence electrons. The van der Waals surface area contributed by atoms with Gasteiger partial charge in [0.1, 0.15) is 0 Å². The molecule has 0 amide bonds. The summed E-state index contributed by atoms with van der Waals surface area (Å²) in [5.74, 6) is 0. The molecule has 1 atom stereocenters. The van der Waals surface area contributed by atoms with Crippen molar-refractivity contribution in [2.45, 2.75) is 42.7 Å². The Morgan fingerprint density at radius 1 is 0.864 bits per heavy atom. The lowest BCUT2D eigenvalue weighted by Crippen LogP contribution is -2.36. The molecule has 1 fully saturated rings. The molecule has 22 heavy (non-hydrogen) atoms. The van der Waals surface area contributed by atoms with Crippen LogP contribution in [0.15, 0.2) is 59.5 Å². The summed E-state index contributed by atoms with van der Waals surface area (Å²) in [5, 5.41) is 0. The van der Waals surface area contributed by atoms with Gasteiger partial charge in [-0.05, 0) is 48.9 Å². The Morgan fingerprint density at radius 3 is 2.27 bits per heavy atom. The highest BCUT2D eigenvalue weighted by atomic mass is 32.2. The molecular formula is C18H19NO2S. The van der Waals surface area contributed by atoms with E-state index in [4.69, 9.17) is 0 Å². The molecule has 0 N–H and O–H groups in total. The maximum Gasteiger partial charge on any atom is 0.243 e. The van der Waals surface area contributed by atoms with Gasteiger partial charge < -0.3 is 0 Å². The Balaban J connectivity index is 1.77. The van der Waals surface area contributed by atoms with Crippen LogP contribution in [0.3, 0.4) is 0 Å². The van der Waals surface area contributed by atoms with E-state index in [0.29, 0.717) is 4.90 Å². The standard InChI is InChI=1S/C18H19NO2S/c20-22(21,16-7-2-1-3-8-16)19(15-11-12-15)18-13-10-14-6-4-5-9-17(14)18/h1-9,15,18H,10-13H2. The van der Waals surface area contributed by atoms with Crippen LogP contribution in [0.25, 0.3) is 0 Å². The zero-order chi connectivity index (χ0) is 15.2. The average Bonchev–Trinajstić information content (AvgIpc) is 3.28. The molecule has 0 spiro atoms. The monoisotopic (exact) mass is 313 g/mol. The van der Waals surface area contributed by atoms with Crippen molar-refractivity contribution in [1.29, 1.82) is 0 Å². The van der Waals surface area contributed by atoms with E-state index in [1.54, 1.807) is 28.6 Å².